The Kier molecular flexibility index (Phi) is 7.60. The fourth-order valence-corrected chi connectivity index (χ4v) is 3.09. The molecule has 2 heterocycles. The molecule has 148 valence electrons. The van der Waals surface area contributed by atoms with Crippen LogP contribution in [0.5, 0.6) is 0 Å². The number of morpholine rings is 1. The number of guanidine groups is 1. The van der Waals surface area contributed by atoms with Gasteiger partial charge < -0.3 is 19.4 Å². The number of aliphatic imine (C=N–C) groups is 1. The van der Waals surface area contributed by atoms with E-state index in [9.17, 15) is 4.39 Å². The third-order valence-electron chi connectivity index (χ3n) is 4.48. The number of hydrogen-bond donors (Lipinski definition) is 1. The van der Waals surface area contributed by atoms with Gasteiger partial charge in [0, 0.05) is 13.6 Å². The fraction of sp³-hybridized carbons (Fsp3) is 0.474. The highest BCUT2D eigenvalue weighted by molar-refractivity contribution is 14.0. The van der Waals surface area contributed by atoms with Gasteiger partial charge in [0.15, 0.2) is 5.96 Å². The zero-order valence-electron chi connectivity index (χ0n) is 16.0. The first-order valence-electron chi connectivity index (χ1n) is 8.75. The Morgan fingerprint density at radius 1 is 1.30 bits per heavy atom. The van der Waals surface area contributed by atoms with Gasteiger partial charge in [0.25, 0.3) is 0 Å². The molecule has 2 aromatic rings. The SMILES string of the molecule is CN=C(NCc1nc(C)c(C)o1)N1CC(C)OC(c2ccc(F)cc2)C1.I. The summed E-state index contributed by atoms with van der Waals surface area (Å²) in [5.74, 6) is 1.98. The molecule has 27 heavy (non-hydrogen) atoms. The number of hydrogen-bond acceptors (Lipinski definition) is 4. The number of oxazole rings is 1. The van der Waals surface area contributed by atoms with Crippen LogP contribution in [0, 0.1) is 19.7 Å². The molecule has 1 N–H and O–H groups in total. The number of nitrogens with one attached hydrogen (secondary N) is 1. The first-order valence-corrected chi connectivity index (χ1v) is 8.75. The van der Waals surface area contributed by atoms with Crippen LogP contribution in [0.25, 0.3) is 0 Å². The van der Waals surface area contributed by atoms with E-state index in [-0.39, 0.29) is 42.0 Å². The van der Waals surface area contributed by atoms with Gasteiger partial charge in [-0.05, 0) is 38.5 Å². The summed E-state index contributed by atoms with van der Waals surface area (Å²) in [6, 6.07) is 6.46. The first kappa shape index (κ1) is 21.6. The molecule has 2 atom stereocenters. The summed E-state index contributed by atoms with van der Waals surface area (Å²) in [7, 11) is 1.75. The first-order chi connectivity index (χ1) is 12.5. The number of aryl methyl sites for hydroxylation is 2. The van der Waals surface area contributed by atoms with Crippen LogP contribution in [-0.4, -0.2) is 42.1 Å². The molecule has 0 amide bonds. The molecule has 0 spiro atoms. The molecule has 0 aliphatic carbocycles. The van der Waals surface area contributed by atoms with Crippen LogP contribution in [0.3, 0.4) is 0 Å². The van der Waals surface area contributed by atoms with Crippen molar-refractivity contribution in [2.24, 2.45) is 4.99 Å². The van der Waals surface area contributed by atoms with Gasteiger partial charge in [-0.3, -0.25) is 4.99 Å². The molecule has 8 heteroatoms. The third kappa shape index (κ3) is 5.41. The van der Waals surface area contributed by atoms with Gasteiger partial charge in [0.05, 0.1) is 24.9 Å². The average molecular weight is 488 g/mol. The molecule has 1 aromatic heterocycles. The lowest BCUT2D eigenvalue weighted by Crippen LogP contribution is -2.50. The molecule has 1 aliphatic rings. The predicted octanol–water partition coefficient (Wildman–Crippen LogP) is 3.59. The average Bonchev–Trinajstić information content (AvgIpc) is 2.93. The van der Waals surface area contributed by atoms with Crippen LogP contribution < -0.4 is 5.32 Å². The number of nitrogens with zero attached hydrogens (tertiary/aromatic N) is 3. The van der Waals surface area contributed by atoms with Gasteiger partial charge in [0.2, 0.25) is 5.89 Å². The van der Waals surface area contributed by atoms with Crippen molar-refractivity contribution < 1.29 is 13.5 Å². The summed E-state index contributed by atoms with van der Waals surface area (Å²) < 4.78 is 24.8. The van der Waals surface area contributed by atoms with E-state index in [0.29, 0.717) is 19.0 Å². The fourth-order valence-electron chi connectivity index (χ4n) is 3.09. The van der Waals surface area contributed by atoms with Crippen molar-refractivity contribution >= 4 is 29.9 Å². The van der Waals surface area contributed by atoms with Crippen molar-refractivity contribution in [1.82, 2.24) is 15.2 Å². The monoisotopic (exact) mass is 488 g/mol. The summed E-state index contributed by atoms with van der Waals surface area (Å²) >= 11 is 0. The molecule has 2 unspecified atom stereocenters. The van der Waals surface area contributed by atoms with Gasteiger partial charge in [0.1, 0.15) is 17.7 Å². The molecule has 0 bridgehead atoms. The largest absolute Gasteiger partial charge is 0.444 e. The van der Waals surface area contributed by atoms with Crippen molar-refractivity contribution in [2.75, 3.05) is 20.1 Å². The Hall–Kier alpha value is -1.68. The van der Waals surface area contributed by atoms with Crippen molar-refractivity contribution in [3.8, 4) is 0 Å². The normalized spacial score (nSPS) is 20.3. The number of ether oxygens (including phenoxy) is 1. The second-order valence-corrected chi connectivity index (χ2v) is 6.54. The van der Waals surface area contributed by atoms with E-state index in [0.717, 1.165) is 29.5 Å². The van der Waals surface area contributed by atoms with E-state index >= 15 is 0 Å². The maximum atomic E-state index is 13.2. The van der Waals surface area contributed by atoms with E-state index in [2.05, 4.69) is 20.2 Å². The van der Waals surface area contributed by atoms with Crippen molar-refractivity contribution in [3.05, 3.63) is 53.0 Å². The minimum atomic E-state index is -0.247. The van der Waals surface area contributed by atoms with Gasteiger partial charge in [-0.15, -0.1) is 24.0 Å². The Balaban J connectivity index is 0.00000261. The molecular formula is C19H26FIN4O2. The predicted molar refractivity (Wildman–Crippen MR) is 113 cm³/mol. The highest BCUT2D eigenvalue weighted by Gasteiger charge is 2.28. The molecule has 6 nitrogen and oxygen atoms in total. The van der Waals surface area contributed by atoms with Crippen LogP contribution >= 0.6 is 24.0 Å². The number of aromatic nitrogens is 1. The quantitative estimate of drug-likeness (QED) is 0.407. The third-order valence-corrected chi connectivity index (χ3v) is 4.48. The molecule has 0 saturated carbocycles. The van der Waals surface area contributed by atoms with Crippen LogP contribution in [0.15, 0.2) is 33.7 Å². The van der Waals surface area contributed by atoms with Gasteiger partial charge in [-0.2, -0.15) is 0 Å². The lowest BCUT2D eigenvalue weighted by atomic mass is 10.1. The Morgan fingerprint density at radius 3 is 2.59 bits per heavy atom. The Labute approximate surface area is 176 Å². The molecule has 1 aliphatic heterocycles. The molecule has 1 saturated heterocycles. The Morgan fingerprint density at radius 2 is 2.00 bits per heavy atom. The summed E-state index contributed by atoms with van der Waals surface area (Å²) in [6.07, 6.45) is -0.104. The standard InChI is InChI=1S/C19H25FN4O2.HI/c1-12-10-24(11-17(25-12)15-5-7-16(20)8-6-15)19(21-4)22-9-18-23-13(2)14(3)26-18;/h5-8,12,17H,9-11H2,1-4H3,(H,21,22);1H. The van der Waals surface area contributed by atoms with Crippen LogP contribution in [0.1, 0.15) is 35.9 Å². The van der Waals surface area contributed by atoms with E-state index in [4.69, 9.17) is 9.15 Å². The second-order valence-electron chi connectivity index (χ2n) is 6.54. The summed E-state index contributed by atoms with van der Waals surface area (Å²) in [4.78, 5) is 10.9. The highest BCUT2D eigenvalue weighted by Crippen LogP contribution is 2.25. The van der Waals surface area contributed by atoms with Gasteiger partial charge in [-0.1, -0.05) is 12.1 Å². The molecule has 1 fully saturated rings. The maximum absolute atomic E-state index is 13.2. The zero-order chi connectivity index (χ0) is 18.7. The summed E-state index contributed by atoms with van der Waals surface area (Å²) in [6.45, 7) is 7.68. The summed E-state index contributed by atoms with van der Waals surface area (Å²) in [5, 5.41) is 3.30. The zero-order valence-corrected chi connectivity index (χ0v) is 18.4. The number of rotatable bonds is 3. The second kappa shape index (κ2) is 9.50. The minimum Gasteiger partial charge on any atom is -0.444 e. The van der Waals surface area contributed by atoms with E-state index < -0.39 is 0 Å². The molecule has 0 radical (unpaired) electrons. The Bertz CT molecular complexity index is 759. The topological polar surface area (TPSA) is 62.9 Å². The lowest BCUT2D eigenvalue weighted by molar-refractivity contribution is -0.0605. The van der Waals surface area contributed by atoms with Crippen molar-refractivity contribution in [3.63, 3.8) is 0 Å². The minimum absolute atomic E-state index is 0. The van der Waals surface area contributed by atoms with Crippen molar-refractivity contribution in [2.45, 2.75) is 39.5 Å². The highest BCUT2D eigenvalue weighted by atomic mass is 127. The smallest absolute Gasteiger partial charge is 0.214 e. The van der Waals surface area contributed by atoms with Crippen LogP contribution in [0.4, 0.5) is 4.39 Å². The lowest BCUT2D eigenvalue weighted by Gasteiger charge is -2.38. The maximum Gasteiger partial charge on any atom is 0.214 e. The molecular weight excluding hydrogens is 462 g/mol. The number of halogens is 2. The van der Waals surface area contributed by atoms with E-state index in [1.807, 2.05) is 20.8 Å². The van der Waals surface area contributed by atoms with Gasteiger partial charge in [-0.25, -0.2) is 9.37 Å². The van der Waals surface area contributed by atoms with Crippen molar-refractivity contribution in [1.29, 1.82) is 0 Å². The van der Waals surface area contributed by atoms with E-state index in [1.54, 1.807) is 19.2 Å². The summed E-state index contributed by atoms with van der Waals surface area (Å²) in [5.41, 5.74) is 1.85. The van der Waals surface area contributed by atoms with E-state index in [1.165, 1.54) is 12.1 Å². The van der Waals surface area contributed by atoms with Gasteiger partial charge >= 0.3 is 0 Å². The van der Waals surface area contributed by atoms with Crippen LogP contribution in [-0.2, 0) is 11.3 Å². The number of benzene rings is 1. The molecule has 3 rings (SSSR count). The molecule has 1 aromatic carbocycles. The van der Waals surface area contributed by atoms with Crippen LogP contribution in [0.2, 0.25) is 0 Å².